The van der Waals surface area contributed by atoms with E-state index in [0.717, 1.165) is 15.9 Å². The molecular formula is C14H17BrN2O3S. The van der Waals surface area contributed by atoms with Crippen LogP contribution < -0.4 is 5.32 Å². The molecule has 114 valence electrons. The molecule has 1 amide bonds. The van der Waals surface area contributed by atoms with Gasteiger partial charge in [0.25, 0.3) is 0 Å². The van der Waals surface area contributed by atoms with E-state index in [1.165, 1.54) is 18.9 Å². The molecule has 1 aromatic carbocycles. The summed E-state index contributed by atoms with van der Waals surface area (Å²) in [7, 11) is 1.37. The number of carbonyl (C=O) groups is 2. The van der Waals surface area contributed by atoms with Crippen LogP contribution in [0, 0.1) is 0 Å². The highest BCUT2D eigenvalue weighted by Crippen LogP contribution is 2.20. The lowest BCUT2D eigenvalue weighted by Crippen LogP contribution is -2.46. The van der Waals surface area contributed by atoms with E-state index >= 15 is 0 Å². The standard InChI is InChI=1S/C14H17BrN2O3S/c1-20-14(19)12-9-17(6-7-21-12)13(18)8-16-11-4-2-10(15)3-5-11/h2-5,12,16H,6-9H2,1H3/t12-/m1/s1. The summed E-state index contributed by atoms with van der Waals surface area (Å²) in [5.41, 5.74) is 0.891. The number of hydrogen-bond acceptors (Lipinski definition) is 5. The van der Waals surface area contributed by atoms with Crippen LogP contribution in [0.1, 0.15) is 0 Å². The summed E-state index contributed by atoms with van der Waals surface area (Å²) >= 11 is 4.90. The normalized spacial score (nSPS) is 18.2. The maximum Gasteiger partial charge on any atom is 0.320 e. The third-order valence-electron chi connectivity index (χ3n) is 3.17. The molecule has 0 saturated carbocycles. The molecule has 5 nitrogen and oxygen atoms in total. The molecule has 1 heterocycles. The van der Waals surface area contributed by atoms with Gasteiger partial charge in [-0.1, -0.05) is 15.9 Å². The van der Waals surface area contributed by atoms with Crippen molar-refractivity contribution in [2.45, 2.75) is 5.25 Å². The largest absolute Gasteiger partial charge is 0.468 e. The van der Waals surface area contributed by atoms with Crippen molar-refractivity contribution in [2.24, 2.45) is 0 Å². The summed E-state index contributed by atoms with van der Waals surface area (Å²) in [4.78, 5) is 25.4. The van der Waals surface area contributed by atoms with Crippen LogP contribution in [0.5, 0.6) is 0 Å². The molecule has 2 rings (SSSR count). The highest BCUT2D eigenvalue weighted by atomic mass is 79.9. The zero-order chi connectivity index (χ0) is 15.2. The molecule has 1 aliphatic heterocycles. The first-order chi connectivity index (χ1) is 10.1. The lowest BCUT2D eigenvalue weighted by molar-refractivity contribution is -0.141. The first-order valence-electron chi connectivity index (χ1n) is 6.57. The number of hydrogen-bond donors (Lipinski definition) is 1. The molecule has 0 radical (unpaired) electrons. The average molecular weight is 373 g/mol. The number of ether oxygens (including phenoxy) is 1. The molecule has 0 spiro atoms. The van der Waals surface area contributed by atoms with E-state index in [1.54, 1.807) is 4.90 Å². The van der Waals surface area contributed by atoms with Crippen molar-refractivity contribution in [3.8, 4) is 0 Å². The number of anilines is 1. The number of esters is 1. The number of halogens is 1. The number of benzene rings is 1. The summed E-state index contributed by atoms with van der Waals surface area (Å²) in [6.07, 6.45) is 0. The van der Waals surface area contributed by atoms with Crippen molar-refractivity contribution in [1.29, 1.82) is 0 Å². The lowest BCUT2D eigenvalue weighted by Gasteiger charge is -2.31. The van der Waals surface area contributed by atoms with E-state index in [4.69, 9.17) is 4.74 Å². The smallest absolute Gasteiger partial charge is 0.320 e. The van der Waals surface area contributed by atoms with E-state index in [0.29, 0.717) is 13.1 Å². The highest BCUT2D eigenvalue weighted by molar-refractivity contribution is 9.10. The molecule has 1 aromatic rings. The van der Waals surface area contributed by atoms with Gasteiger partial charge < -0.3 is 15.0 Å². The van der Waals surface area contributed by atoms with Gasteiger partial charge in [-0.2, -0.15) is 0 Å². The van der Waals surface area contributed by atoms with Crippen LogP contribution >= 0.6 is 27.7 Å². The Hall–Kier alpha value is -1.21. The molecule has 0 aromatic heterocycles. The summed E-state index contributed by atoms with van der Waals surface area (Å²) in [5, 5.41) is 2.81. The third-order valence-corrected chi connectivity index (χ3v) is 4.86. The van der Waals surface area contributed by atoms with Gasteiger partial charge in [-0.15, -0.1) is 11.8 Å². The highest BCUT2D eigenvalue weighted by Gasteiger charge is 2.29. The van der Waals surface area contributed by atoms with Crippen molar-refractivity contribution >= 4 is 45.3 Å². The second-order valence-electron chi connectivity index (χ2n) is 4.58. The molecule has 0 unspecified atom stereocenters. The van der Waals surface area contributed by atoms with Crippen molar-refractivity contribution in [3.05, 3.63) is 28.7 Å². The Bertz CT molecular complexity index is 509. The quantitative estimate of drug-likeness (QED) is 0.818. The van der Waals surface area contributed by atoms with Crippen molar-refractivity contribution in [1.82, 2.24) is 4.90 Å². The summed E-state index contributed by atoms with van der Waals surface area (Å²) in [6, 6.07) is 7.64. The number of thioether (sulfide) groups is 1. The molecule has 7 heteroatoms. The van der Waals surface area contributed by atoms with Crippen LogP contribution in [0.15, 0.2) is 28.7 Å². The predicted molar refractivity (Wildman–Crippen MR) is 87.5 cm³/mol. The maximum absolute atomic E-state index is 12.2. The average Bonchev–Trinajstić information content (AvgIpc) is 2.53. The fraction of sp³-hybridized carbons (Fsp3) is 0.429. The molecule has 1 fully saturated rings. The molecule has 1 atom stereocenters. The summed E-state index contributed by atoms with van der Waals surface area (Å²) < 4.78 is 5.73. The monoisotopic (exact) mass is 372 g/mol. The van der Waals surface area contributed by atoms with E-state index in [-0.39, 0.29) is 23.7 Å². The number of rotatable bonds is 4. The second kappa shape index (κ2) is 7.70. The van der Waals surface area contributed by atoms with Gasteiger partial charge in [-0.05, 0) is 24.3 Å². The van der Waals surface area contributed by atoms with Crippen LogP contribution in [-0.2, 0) is 14.3 Å². The molecule has 1 aliphatic rings. The zero-order valence-electron chi connectivity index (χ0n) is 11.7. The zero-order valence-corrected chi connectivity index (χ0v) is 14.1. The SMILES string of the molecule is COC(=O)[C@H]1CN(C(=O)CNc2ccc(Br)cc2)CCS1. The van der Waals surface area contributed by atoms with Gasteiger partial charge in [0.1, 0.15) is 5.25 Å². The van der Waals surface area contributed by atoms with E-state index in [2.05, 4.69) is 21.2 Å². The number of nitrogens with zero attached hydrogens (tertiary/aromatic N) is 1. The van der Waals surface area contributed by atoms with Gasteiger partial charge >= 0.3 is 5.97 Å². The Labute approximate surface area is 136 Å². The summed E-state index contributed by atoms with van der Waals surface area (Å²) in [5.74, 6) is 0.481. The Morgan fingerprint density at radius 2 is 2.14 bits per heavy atom. The Morgan fingerprint density at radius 3 is 2.81 bits per heavy atom. The van der Waals surface area contributed by atoms with Crippen molar-refractivity contribution in [3.63, 3.8) is 0 Å². The van der Waals surface area contributed by atoms with Gasteiger partial charge in [0.15, 0.2) is 0 Å². The number of amides is 1. The minimum absolute atomic E-state index is 0.00729. The van der Waals surface area contributed by atoms with Crippen molar-refractivity contribution < 1.29 is 14.3 Å². The minimum atomic E-state index is -0.277. The van der Waals surface area contributed by atoms with Crippen LogP contribution in [-0.4, -0.2) is 54.5 Å². The number of nitrogens with one attached hydrogen (secondary N) is 1. The third kappa shape index (κ3) is 4.64. The van der Waals surface area contributed by atoms with E-state index < -0.39 is 0 Å². The molecule has 1 N–H and O–H groups in total. The molecular weight excluding hydrogens is 356 g/mol. The molecule has 1 saturated heterocycles. The van der Waals surface area contributed by atoms with Gasteiger partial charge in [0.05, 0.1) is 13.7 Å². The van der Waals surface area contributed by atoms with Gasteiger partial charge in [0.2, 0.25) is 5.91 Å². The first kappa shape index (κ1) is 16.2. The van der Waals surface area contributed by atoms with E-state index in [1.807, 2.05) is 24.3 Å². The van der Waals surface area contributed by atoms with Crippen LogP contribution in [0.3, 0.4) is 0 Å². The lowest BCUT2D eigenvalue weighted by atomic mass is 10.3. The fourth-order valence-electron chi connectivity index (χ4n) is 2.01. The molecule has 0 bridgehead atoms. The van der Waals surface area contributed by atoms with Gasteiger partial charge in [0, 0.05) is 29.0 Å². The Morgan fingerprint density at radius 1 is 1.43 bits per heavy atom. The molecule has 21 heavy (non-hydrogen) atoms. The molecule has 0 aliphatic carbocycles. The second-order valence-corrected chi connectivity index (χ2v) is 6.81. The fourth-order valence-corrected chi connectivity index (χ4v) is 3.40. The minimum Gasteiger partial charge on any atom is -0.468 e. The summed E-state index contributed by atoms with van der Waals surface area (Å²) in [6.45, 7) is 1.30. The van der Waals surface area contributed by atoms with Crippen LogP contribution in [0.4, 0.5) is 5.69 Å². The Kier molecular flexibility index (Phi) is 5.93. The predicted octanol–water partition coefficient (Wildman–Crippen LogP) is 1.98. The van der Waals surface area contributed by atoms with Gasteiger partial charge in [-0.3, -0.25) is 9.59 Å². The van der Waals surface area contributed by atoms with E-state index in [9.17, 15) is 9.59 Å². The first-order valence-corrected chi connectivity index (χ1v) is 8.41. The van der Waals surface area contributed by atoms with Crippen LogP contribution in [0.2, 0.25) is 0 Å². The number of methoxy groups -OCH3 is 1. The maximum atomic E-state index is 12.2. The Balaban J connectivity index is 1.85. The van der Waals surface area contributed by atoms with Gasteiger partial charge in [-0.25, -0.2) is 0 Å². The van der Waals surface area contributed by atoms with Crippen LogP contribution in [0.25, 0.3) is 0 Å². The number of carbonyl (C=O) groups excluding carboxylic acids is 2. The topological polar surface area (TPSA) is 58.6 Å². The van der Waals surface area contributed by atoms with Crippen molar-refractivity contribution in [2.75, 3.05) is 37.8 Å².